The van der Waals surface area contributed by atoms with Gasteiger partial charge in [-0.2, -0.15) is 0 Å². The van der Waals surface area contributed by atoms with Crippen molar-refractivity contribution in [2.45, 2.75) is 0 Å². The Labute approximate surface area is 91.1 Å². The van der Waals surface area contributed by atoms with Crippen molar-refractivity contribution in [2.24, 2.45) is 0 Å². The van der Waals surface area contributed by atoms with Gasteiger partial charge in [0.15, 0.2) is 0 Å². The minimum atomic E-state index is -0.283. The predicted octanol–water partition coefficient (Wildman–Crippen LogP) is 2.64. The van der Waals surface area contributed by atoms with Crippen molar-refractivity contribution in [3.8, 4) is 5.75 Å². The lowest BCUT2D eigenvalue weighted by molar-refractivity contribution is 0.415. The number of pyridine rings is 1. The highest BCUT2D eigenvalue weighted by Gasteiger charge is 2.05. The molecule has 16 heavy (non-hydrogen) atoms. The highest BCUT2D eigenvalue weighted by atomic mass is 19.1. The van der Waals surface area contributed by atoms with E-state index in [4.69, 9.17) is 4.74 Å². The molecule has 3 aromatic rings. The molecule has 0 unspecified atom stereocenters. The lowest BCUT2D eigenvalue weighted by atomic mass is 10.3. The molecular weight excluding hydrogens is 207 g/mol. The molecule has 3 nitrogen and oxygen atoms in total. The maximum absolute atomic E-state index is 13.1. The first-order valence-electron chi connectivity index (χ1n) is 4.89. The van der Waals surface area contributed by atoms with Crippen molar-refractivity contribution in [2.75, 3.05) is 7.11 Å². The van der Waals surface area contributed by atoms with Crippen LogP contribution in [0, 0.1) is 5.82 Å². The molecule has 0 amide bonds. The van der Waals surface area contributed by atoms with Crippen molar-refractivity contribution >= 4 is 16.7 Å². The molecule has 0 bridgehead atoms. The zero-order valence-corrected chi connectivity index (χ0v) is 8.64. The molecule has 2 aromatic heterocycles. The quantitative estimate of drug-likeness (QED) is 0.625. The van der Waals surface area contributed by atoms with Crippen LogP contribution in [0.4, 0.5) is 4.39 Å². The fourth-order valence-corrected chi connectivity index (χ4v) is 1.79. The Morgan fingerprint density at radius 1 is 1.25 bits per heavy atom. The van der Waals surface area contributed by atoms with Gasteiger partial charge in [0, 0.05) is 12.3 Å². The van der Waals surface area contributed by atoms with Crippen LogP contribution in [0.5, 0.6) is 5.75 Å². The molecule has 0 aliphatic heterocycles. The molecule has 0 fully saturated rings. The molecular formula is C12H9FN2O. The van der Waals surface area contributed by atoms with Crippen LogP contribution in [0.3, 0.4) is 0 Å². The lowest BCUT2D eigenvalue weighted by Crippen LogP contribution is -1.87. The molecule has 0 N–H and O–H groups in total. The summed E-state index contributed by atoms with van der Waals surface area (Å²) in [5, 5.41) is 0. The van der Waals surface area contributed by atoms with E-state index in [2.05, 4.69) is 4.98 Å². The van der Waals surface area contributed by atoms with Gasteiger partial charge in [-0.15, -0.1) is 0 Å². The topological polar surface area (TPSA) is 26.5 Å². The fourth-order valence-electron chi connectivity index (χ4n) is 1.79. The van der Waals surface area contributed by atoms with Gasteiger partial charge < -0.3 is 4.74 Å². The molecule has 0 aliphatic rings. The number of benzene rings is 1. The van der Waals surface area contributed by atoms with Crippen molar-refractivity contribution in [1.29, 1.82) is 0 Å². The third-order valence-electron chi connectivity index (χ3n) is 2.57. The minimum Gasteiger partial charge on any atom is -0.497 e. The Hall–Kier alpha value is -2.10. The second-order valence-corrected chi connectivity index (χ2v) is 3.54. The van der Waals surface area contributed by atoms with Gasteiger partial charge in [-0.3, -0.25) is 4.40 Å². The maximum Gasteiger partial charge on any atom is 0.139 e. The molecule has 3 rings (SSSR count). The third kappa shape index (κ3) is 1.23. The summed E-state index contributed by atoms with van der Waals surface area (Å²) in [7, 11) is 1.60. The van der Waals surface area contributed by atoms with E-state index in [0.29, 0.717) is 0 Å². The van der Waals surface area contributed by atoms with Crippen molar-refractivity contribution < 1.29 is 9.13 Å². The van der Waals surface area contributed by atoms with Crippen LogP contribution in [0.1, 0.15) is 0 Å². The average Bonchev–Trinajstić information content (AvgIpc) is 2.66. The largest absolute Gasteiger partial charge is 0.497 e. The van der Waals surface area contributed by atoms with E-state index in [1.165, 1.54) is 12.3 Å². The van der Waals surface area contributed by atoms with Gasteiger partial charge in [0.05, 0.1) is 18.1 Å². The first-order valence-corrected chi connectivity index (χ1v) is 4.89. The van der Waals surface area contributed by atoms with Gasteiger partial charge in [-0.1, -0.05) is 0 Å². The number of rotatable bonds is 1. The molecule has 0 saturated heterocycles. The predicted molar refractivity (Wildman–Crippen MR) is 59.2 cm³/mol. The number of aromatic nitrogens is 2. The van der Waals surface area contributed by atoms with Gasteiger partial charge >= 0.3 is 0 Å². The van der Waals surface area contributed by atoms with Gasteiger partial charge in [0.25, 0.3) is 0 Å². The van der Waals surface area contributed by atoms with E-state index >= 15 is 0 Å². The Morgan fingerprint density at radius 2 is 2.12 bits per heavy atom. The van der Waals surface area contributed by atoms with Crippen LogP contribution >= 0.6 is 0 Å². The second kappa shape index (κ2) is 3.20. The van der Waals surface area contributed by atoms with Crippen LogP contribution in [0.25, 0.3) is 16.7 Å². The zero-order valence-electron chi connectivity index (χ0n) is 8.64. The second-order valence-electron chi connectivity index (χ2n) is 3.54. The Morgan fingerprint density at radius 3 is 2.94 bits per heavy atom. The smallest absolute Gasteiger partial charge is 0.139 e. The summed E-state index contributed by atoms with van der Waals surface area (Å²) in [5.41, 5.74) is 2.39. The van der Waals surface area contributed by atoms with Crippen molar-refractivity contribution in [3.63, 3.8) is 0 Å². The number of halogens is 1. The Kier molecular flexibility index (Phi) is 1.83. The van der Waals surface area contributed by atoms with Gasteiger partial charge in [-0.05, 0) is 24.3 Å². The van der Waals surface area contributed by atoms with E-state index in [9.17, 15) is 4.39 Å². The SMILES string of the molecule is COc1ccc2nc3ccc(F)cn3c2c1. The summed E-state index contributed by atoms with van der Waals surface area (Å²) in [6.07, 6.45) is 1.42. The summed E-state index contributed by atoms with van der Waals surface area (Å²) in [5.74, 6) is 0.452. The number of methoxy groups -OCH3 is 1. The van der Waals surface area contributed by atoms with Crippen molar-refractivity contribution in [1.82, 2.24) is 9.38 Å². The third-order valence-corrected chi connectivity index (χ3v) is 2.57. The average molecular weight is 216 g/mol. The van der Waals surface area contributed by atoms with E-state index in [1.54, 1.807) is 17.6 Å². The van der Waals surface area contributed by atoms with Crippen LogP contribution < -0.4 is 4.74 Å². The monoisotopic (exact) mass is 216 g/mol. The van der Waals surface area contributed by atoms with Gasteiger partial charge in [0.1, 0.15) is 17.2 Å². The molecule has 0 atom stereocenters. The summed E-state index contributed by atoms with van der Waals surface area (Å²) < 4.78 is 20.0. The van der Waals surface area contributed by atoms with E-state index in [1.807, 2.05) is 18.2 Å². The van der Waals surface area contributed by atoms with Crippen molar-refractivity contribution in [3.05, 3.63) is 42.3 Å². The summed E-state index contributed by atoms with van der Waals surface area (Å²) in [6, 6.07) is 8.60. The number of imidazole rings is 1. The first kappa shape index (κ1) is 9.15. The number of nitrogens with zero attached hydrogens (tertiary/aromatic N) is 2. The Balaban J connectivity index is 2.44. The van der Waals surface area contributed by atoms with Crippen LogP contribution in [-0.2, 0) is 0 Å². The lowest BCUT2D eigenvalue weighted by Gasteiger charge is -1.99. The summed E-state index contributed by atoms with van der Waals surface area (Å²) in [6.45, 7) is 0. The standard InChI is InChI=1S/C12H9FN2O/c1-16-9-3-4-10-11(6-9)15-7-8(13)2-5-12(15)14-10/h2-7H,1H3. The summed E-state index contributed by atoms with van der Waals surface area (Å²) >= 11 is 0. The molecule has 2 heterocycles. The number of hydrogen-bond donors (Lipinski definition) is 0. The molecule has 4 heteroatoms. The number of hydrogen-bond acceptors (Lipinski definition) is 2. The number of ether oxygens (including phenoxy) is 1. The summed E-state index contributed by atoms with van der Waals surface area (Å²) in [4.78, 5) is 4.37. The fraction of sp³-hybridized carbons (Fsp3) is 0.0833. The van der Waals surface area contributed by atoms with Crippen LogP contribution in [0.2, 0.25) is 0 Å². The molecule has 0 aliphatic carbocycles. The van der Waals surface area contributed by atoms with E-state index in [-0.39, 0.29) is 5.82 Å². The van der Waals surface area contributed by atoms with Crippen LogP contribution in [0.15, 0.2) is 36.5 Å². The van der Waals surface area contributed by atoms with Gasteiger partial charge in [0.2, 0.25) is 0 Å². The van der Waals surface area contributed by atoms with E-state index in [0.717, 1.165) is 22.4 Å². The number of fused-ring (bicyclic) bond motifs is 3. The Bertz CT molecular complexity index is 675. The molecule has 1 aromatic carbocycles. The molecule has 0 saturated carbocycles. The molecule has 80 valence electrons. The van der Waals surface area contributed by atoms with E-state index < -0.39 is 0 Å². The normalized spacial score (nSPS) is 11.1. The highest BCUT2D eigenvalue weighted by Crippen LogP contribution is 2.22. The zero-order chi connectivity index (χ0) is 11.1. The molecule has 0 spiro atoms. The van der Waals surface area contributed by atoms with Gasteiger partial charge in [-0.25, -0.2) is 9.37 Å². The molecule has 0 radical (unpaired) electrons. The highest BCUT2D eigenvalue weighted by molar-refractivity contribution is 5.81. The maximum atomic E-state index is 13.1. The minimum absolute atomic E-state index is 0.283. The van der Waals surface area contributed by atoms with Crippen LogP contribution in [-0.4, -0.2) is 16.5 Å². The first-order chi connectivity index (χ1) is 7.78.